The molecule has 0 saturated heterocycles. The maximum Gasteiger partial charge on any atom is 0.271 e. The minimum absolute atomic E-state index is 0.0285. The molecule has 1 aromatic carbocycles. The molecule has 1 aromatic heterocycles. The van der Waals surface area contributed by atoms with Crippen LogP contribution >= 0.6 is 0 Å². The highest BCUT2D eigenvalue weighted by Crippen LogP contribution is 2.27. The summed E-state index contributed by atoms with van der Waals surface area (Å²) in [4.78, 5) is 14.7. The minimum Gasteiger partial charge on any atom is -0.395 e. The lowest BCUT2D eigenvalue weighted by Crippen LogP contribution is -2.09. The zero-order valence-corrected chi connectivity index (χ0v) is 12.8. The van der Waals surface area contributed by atoms with Gasteiger partial charge in [0.1, 0.15) is 0 Å². The smallest absolute Gasteiger partial charge is 0.271 e. The largest absolute Gasteiger partial charge is 0.395 e. The Kier molecular flexibility index (Phi) is 5.87. The van der Waals surface area contributed by atoms with Gasteiger partial charge in [-0.2, -0.15) is 4.98 Å². The lowest BCUT2D eigenvalue weighted by atomic mass is 10.2. The molecule has 23 heavy (non-hydrogen) atoms. The van der Waals surface area contributed by atoms with Crippen molar-refractivity contribution in [3.05, 3.63) is 40.0 Å². The van der Waals surface area contributed by atoms with Gasteiger partial charge in [-0.15, -0.1) is 0 Å². The number of anilines is 2. The molecule has 0 fully saturated rings. The van der Waals surface area contributed by atoms with Crippen molar-refractivity contribution in [2.75, 3.05) is 23.8 Å². The molecule has 0 atom stereocenters. The van der Waals surface area contributed by atoms with Crippen LogP contribution in [-0.4, -0.2) is 33.3 Å². The van der Waals surface area contributed by atoms with E-state index in [4.69, 9.17) is 9.63 Å². The van der Waals surface area contributed by atoms with Gasteiger partial charge in [-0.3, -0.25) is 10.1 Å². The number of aliphatic hydroxyl groups is 1. The summed E-state index contributed by atoms with van der Waals surface area (Å²) in [5, 5.41) is 29.7. The summed E-state index contributed by atoms with van der Waals surface area (Å²) in [6, 6.07) is 4.41. The quantitative estimate of drug-likeness (QED) is 0.472. The highest BCUT2D eigenvalue weighted by molar-refractivity contribution is 5.71. The van der Waals surface area contributed by atoms with Crippen molar-refractivity contribution >= 4 is 17.1 Å². The van der Waals surface area contributed by atoms with Gasteiger partial charge < -0.3 is 20.3 Å². The van der Waals surface area contributed by atoms with Crippen LogP contribution in [0.1, 0.15) is 25.1 Å². The molecule has 0 unspecified atom stereocenters. The monoisotopic (exact) mass is 321 g/mol. The number of aryl methyl sites for hydroxylation is 1. The van der Waals surface area contributed by atoms with Crippen LogP contribution in [0, 0.1) is 10.1 Å². The summed E-state index contributed by atoms with van der Waals surface area (Å²) >= 11 is 0. The first-order valence-corrected chi connectivity index (χ1v) is 7.32. The second kappa shape index (κ2) is 8.08. The van der Waals surface area contributed by atoms with Crippen LogP contribution in [0.2, 0.25) is 0 Å². The van der Waals surface area contributed by atoms with Crippen LogP contribution in [0.4, 0.5) is 17.1 Å². The Hall–Kier alpha value is -2.68. The Morgan fingerprint density at radius 1 is 1.35 bits per heavy atom. The predicted molar refractivity (Wildman–Crippen MR) is 84.3 cm³/mol. The van der Waals surface area contributed by atoms with E-state index in [0.29, 0.717) is 29.6 Å². The van der Waals surface area contributed by atoms with Crippen molar-refractivity contribution in [2.24, 2.45) is 0 Å². The van der Waals surface area contributed by atoms with Crippen LogP contribution in [0.5, 0.6) is 0 Å². The molecule has 0 bridgehead atoms. The number of non-ortho nitro benzene ring substituents is 1. The number of nitro benzene ring substituents is 1. The van der Waals surface area contributed by atoms with E-state index in [1.165, 1.54) is 12.1 Å². The topological polar surface area (TPSA) is 126 Å². The van der Waals surface area contributed by atoms with E-state index in [2.05, 4.69) is 20.8 Å². The van der Waals surface area contributed by atoms with E-state index < -0.39 is 4.92 Å². The van der Waals surface area contributed by atoms with E-state index in [1.807, 2.05) is 6.92 Å². The van der Waals surface area contributed by atoms with Gasteiger partial charge in [-0.05, 0) is 12.5 Å². The number of nitro groups is 1. The molecule has 3 N–H and O–H groups in total. The maximum atomic E-state index is 10.9. The van der Waals surface area contributed by atoms with Crippen molar-refractivity contribution in [3.63, 3.8) is 0 Å². The lowest BCUT2D eigenvalue weighted by molar-refractivity contribution is -0.384. The van der Waals surface area contributed by atoms with E-state index in [0.717, 1.165) is 12.8 Å². The fraction of sp³-hybridized carbons (Fsp3) is 0.429. The summed E-state index contributed by atoms with van der Waals surface area (Å²) in [5.74, 6) is 1.05. The lowest BCUT2D eigenvalue weighted by Gasteiger charge is -2.12. The molecule has 1 heterocycles. The third kappa shape index (κ3) is 4.65. The molecule has 0 spiro atoms. The van der Waals surface area contributed by atoms with E-state index in [9.17, 15) is 10.1 Å². The highest BCUT2D eigenvalue weighted by atomic mass is 16.6. The van der Waals surface area contributed by atoms with Gasteiger partial charge >= 0.3 is 0 Å². The Balaban J connectivity index is 2.11. The number of aromatic nitrogens is 2. The molecule has 0 aliphatic carbocycles. The molecular weight excluding hydrogens is 302 g/mol. The van der Waals surface area contributed by atoms with Crippen LogP contribution in [0.25, 0.3) is 0 Å². The van der Waals surface area contributed by atoms with Gasteiger partial charge in [-0.25, -0.2) is 0 Å². The first kappa shape index (κ1) is 16.7. The van der Waals surface area contributed by atoms with Crippen LogP contribution in [0.3, 0.4) is 0 Å². The number of hydrogen-bond acceptors (Lipinski definition) is 8. The first-order valence-electron chi connectivity index (χ1n) is 7.32. The SMILES string of the molecule is CCCc1noc(CNc2cc([N+](=O)[O-])ccc2NCCO)n1. The number of nitrogens with one attached hydrogen (secondary N) is 2. The Labute approximate surface area is 132 Å². The highest BCUT2D eigenvalue weighted by Gasteiger charge is 2.12. The molecule has 2 aromatic rings. The fourth-order valence-electron chi connectivity index (χ4n) is 1.99. The number of nitrogens with zero attached hydrogens (tertiary/aromatic N) is 3. The molecule has 0 radical (unpaired) electrons. The van der Waals surface area contributed by atoms with E-state index in [-0.39, 0.29) is 18.8 Å². The molecular formula is C14H19N5O4. The zero-order valence-electron chi connectivity index (χ0n) is 12.8. The third-order valence-corrected chi connectivity index (χ3v) is 3.06. The van der Waals surface area contributed by atoms with Crippen molar-refractivity contribution in [3.8, 4) is 0 Å². The fourth-order valence-corrected chi connectivity index (χ4v) is 1.99. The van der Waals surface area contributed by atoms with Gasteiger partial charge in [0.05, 0.1) is 29.4 Å². The summed E-state index contributed by atoms with van der Waals surface area (Å²) in [5.41, 5.74) is 1.15. The van der Waals surface area contributed by atoms with Gasteiger partial charge in [-0.1, -0.05) is 12.1 Å². The second-order valence-electron chi connectivity index (χ2n) is 4.85. The zero-order chi connectivity index (χ0) is 16.7. The van der Waals surface area contributed by atoms with Crippen molar-refractivity contribution < 1.29 is 14.6 Å². The molecule has 0 amide bonds. The standard InChI is InChI=1S/C14H19N5O4/c1-2-3-13-17-14(23-18-13)9-16-12-8-10(19(21)22)4-5-11(12)15-6-7-20/h4-5,8,15-16,20H,2-3,6-7,9H2,1H3. The average Bonchev–Trinajstić information content (AvgIpc) is 2.99. The van der Waals surface area contributed by atoms with Crippen molar-refractivity contribution in [1.29, 1.82) is 0 Å². The second-order valence-corrected chi connectivity index (χ2v) is 4.85. The van der Waals surface area contributed by atoms with Gasteiger partial charge in [0.15, 0.2) is 5.82 Å². The maximum absolute atomic E-state index is 10.9. The van der Waals surface area contributed by atoms with Crippen LogP contribution in [0.15, 0.2) is 22.7 Å². The van der Waals surface area contributed by atoms with E-state index >= 15 is 0 Å². The van der Waals surface area contributed by atoms with Gasteiger partial charge in [0, 0.05) is 25.1 Å². The summed E-state index contributed by atoms with van der Waals surface area (Å²) in [6.07, 6.45) is 1.66. The average molecular weight is 321 g/mol. The summed E-state index contributed by atoms with van der Waals surface area (Å²) < 4.78 is 5.12. The third-order valence-electron chi connectivity index (χ3n) is 3.06. The number of benzene rings is 1. The van der Waals surface area contributed by atoms with E-state index in [1.54, 1.807) is 6.07 Å². The molecule has 2 rings (SSSR count). The number of aliphatic hydroxyl groups excluding tert-OH is 1. The molecule has 124 valence electrons. The van der Waals surface area contributed by atoms with Crippen molar-refractivity contribution in [1.82, 2.24) is 10.1 Å². The minimum atomic E-state index is -0.465. The molecule has 0 aliphatic heterocycles. The van der Waals surface area contributed by atoms with Crippen LogP contribution < -0.4 is 10.6 Å². The molecule has 9 heteroatoms. The predicted octanol–water partition coefficient (Wildman–Crippen LogP) is 1.95. The molecule has 0 saturated carbocycles. The number of hydrogen-bond donors (Lipinski definition) is 3. The van der Waals surface area contributed by atoms with Crippen molar-refractivity contribution in [2.45, 2.75) is 26.3 Å². The summed E-state index contributed by atoms with van der Waals surface area (Å²) in [6.45, 7) is 2.58. The first-order chi connectivity index (χ1) is 11.1. The van der Waals surface area contributed by atoms with Gasteiger partial charge in [0.2, 0.25) is 5.89 Å². The normalized spacial score (nSPS) is 10.5. The molecule has 0 aliphatic rings. The Morgan fingerprint density at radius 2 is 2.17 bits per heavy atom. The Morgan fingerprint density at radius 3 is 2.87 bits per heavy atom. The van der Waals surface area contributed by atoms with Crippen LogP contribution in [-0.2, 0) is 13.0 Å². The Bertz CT molecular complexity index is 658. The number of rotatable bonds is 9. The summed E-state index contributed by atoms with van der Waals surface area (Å²) in [7, 11) is 0. The molecule has 9 nitrogen and oxygen atoms in total. The van der Waals surface area contributed by atoms with Gasteiger partial charge in [0.25, 0.3) is 5.69 Å².